The number of halogens is 1. The number of nitrogens with two attached hydrogens (primary N) is 1. The molecule has 0 spiro atoms. The second-order valence-electron chi connectivity index (χ2n) is 0.925. The number of rotatable bonds is 1. The second kappa shape index (κ2) is 15.6. The molecule has 0 fully saturated rings. The third-order valence-electron chi connectivity index (χ3n) is 0.348. The van der Waals surface area contributed by atoms with Crippen molar-refractivity contribution in [2.24, 2.45) is 5.73 Å². The Morgan fingerprint density at radius 3 is 1.89 bits per heavy atom. The summed E-state index contributed by atoms with van der Waals surface area (Å²) < 4.78 is 4.40. The molecule has 0 aromatic rings. The molecule has 0 atom stereocenters. The summed E-state index contributed by atoms with van der Waals surface area (Å²) in [7, 11) is 1.50. The van der Waals surface area contributed by atoms with Crippen molar-refractivity contribution >= 4 is 18.4 Å². The molecule has 0 aliphatic rings. The van der Waals surface area contributed by atoms with Crippen LogP contribution in [0.4, 0.5) is 0 Å². The van der Waals surface area contributed by atoms with E-state index in [1.165, 1.54) is 14.0 Å². The van der Waals surface area contributed by atoms with Gasteiger partial charge in [-0.2, -0.15) is 0 Å². The average molecular weight is 156 g/mol. The van der Waals surface area contributed by atoms with Crippen LogP contribution in [0.5, 0.6) is 0 Å². The summed E-state index contributed by atoms with van der Waals surface area (Å²) in [4.78, 5) is 9.82. The summed E-state index contributed by atoms with van der Waals surface area (Å²) in [5.74, 6) is -0.211. The molecule has 0 saturated carbocycles. The molecule has 0 unspecified atom stereocenters. The molecule has 2 N–H and O–H groups in total. The molecule has 0 aromatic heterocycles. The zero-order valence-electron chi connectivity index (χ0n) is 6.01. The van der Waals surface area contributed by atoms with E-state index in [2.05, 4.69) is 10.5 Å². The molecular formula is C5H14ClNO2. The molecule has 0 heterocycles. The highest BCUT2D eigenvalue weighted by molar-refractivity contribution is 5.85. The number of hydrogen-bond donors (Lipinski definition) is 1. The first kappa shape index (κ1) is 15.9. The average Bonchev–Trinajstić information content (AvgIpc) is 1.72. The van der Waals surface area contributed by atoms with E-state index in [1.807, 2.05) is 0 Å². The first-order valence-corrected chi connectivity index (χ1v) is 2.48. The number of carbonyl (C=O) groups excluding carboxylic acids is 1. The normalized spacial score (nSPS) is 5.78. The number of hydrogen-bond acceptors (Lipinski definition) is 3. The van der Waals surface area contributed by atoms with Gasteiger partial charge in [-0.15, -0.1) is 12.4 Å². The van der Waals surface area contributed by atoms with E-state index >= 15 is 0 Å². The Morgan fingerprint density at radius 2 is 1.89 bits per heavy atom. The Hall–Kier alpha value is -0.280. The van der Waals surface area contributed by atoms with Crippen LogP contribution >= 0.6 is 12.4 Å². The Labute approximate surface area is 62.0 Å². The van der Waals surface area contributed by atoms with Crippen molar-refractivity contribution in [2.45, 2.75) is 13.8 Å². The molecule has 0 saturated heterocycles. The van der Waals surface area contributed by atoms with Gasteiger partial charge in [0.25, 0.3) is 0 Å². The fraction of sp³-hybridized carbons (Fsp3) is 0.800. The maximum absolute atomic E-state index is 9.82. The predicted molar refractivity (Wildman–Crippen MR) is 39.7 cm³/mol. The van der Waals surface area contributed by atoms with Gasteiger partial charge in [-0.25, -0.2) is 0 Å². The zero-order chi connectivity index (χ0) is 6.99. The Kier molecular flexibility index (Phi) is 27.6. The van der Waals surface area contributed by atoms with E-state index in [1.54, 1.807) is 6.92 Å². The minimum Gasteiger partial charge on any atom is -0.466 e. The smallest absolute Gasteiger partial charge is 0.302 e. The van der Waals surface area contributed by atoms with E-state index in [0.29, 0.717) is 6.61 Å². The standard InChI is InChI=1S/C4H8O2.CH5N.ClH/c1-3-6-4(2)5;1-2;/h3H2,1-2H3;2H2,1H3;1H. The molecule has 0 bridgehead atoms. The highest BCUT2D eigenvalue weighted by Gasteiger charge is 1.81. The van der Waals surface area contributed by atoms with E-state index in [4.69, 9.17) is 0 Å². The monoisotopic (exact) mass is 155 g/mol. The first-order valence-electron chi connectivity index (χ1n) is 2.48. The fourth-order valence-electron chi connectivity index (χ4n) is 0.203. The molecule has 9 heavy (non-hydrogen) atoms. The van der Waals surface area contributed by atoms with Crippen LogP contribution in [0, 0.1) is 0 Å². The molecule has 0 rings (SSSR count). The van der Waals surface area contributed by atoms with Crippen molar-refractivity contribution in [2.75, 3.05) is 13.7 Å². The van der Waals surface area contributed by atoms with Gasteiger partial charge >= 0.3 is 5.97 Å². The van der Waals surface area contributed by atoms with E-state index in [-0.39, 0.29) is 18.4 Å². The molecule has 0 aromatic carbocycles. The van der Waals surface area contributed by atoms with Gasteiger partial charge in [0.1, 0.15) is 0 Å². The predicted octanol–water partition coefficient (Wildman–Crippen LogP) is 0.566. The van der Waals surface area contributed by atoms with Crippen LogP contribution in [0.1, 0.15) is 13.8 Å². The van der Waals surface area contributed by atoms with Crippen molar-refractivity contribution in [1.29, 1.82) is 0 Å². The molecule has 0 aliphatic heterocycles. The van der Waals surface area contributed by atoms with E-state index < -0.39 is 0 Å². The van der Waals surface area contributed by atoms with Crippen LogP contribution in [0.3, 0.4) is 0 Å². The lowest BCUT2D eigenvalue weighted by molar-refractivity contribution is -0.140. The van der Waals surface area contributed by atoms with Gasteiger partial charge in [0, 0.05) is 6.92 Å². The van der Waals surface area contributed by atoms with Gasteiger partial charge < -0.3 is 10.5 Å². The molecule has 4 heteroatoms. The van der Waals surface area contributed by atoms with Crippen LogP contribution in [0.2, 0.25) is 0 Å². The Balaban J connectivity index is -0.000000109. The summed E-state index contributed by atoms with van der Waals surface area (Å²) >= 11 is 0. The summed E-state index contributed by atoms with van der Waals surface area (Å²) in [6.45, 7) is 3.65. The Morgan fingerprint density at radius 1 is 1.56 bits per heavy atom. The van der Waals surface area contributed by atoms with E-state index in [0.717, 1.165) is 0 Å². The quantitative estimate of drug-likeness (QED) is 0.564. The van der Waals surface area contributed by atoms with Crippen molar-refractivity contribution in [1.82, 2.24) is 0 Å². The van der Waals surface area contributed by atoms with E-state index in [9.17, 15) is 4.79 Å². The molecule has 0 aliphatic carbocycles. The number of ether oxygens (including phenoxy) is 1. The topological polar surface area (TPSA) is 52.3 Å². The molecule has 0 amide bonds. The highest BCUT2D eigenvalue weighted by Crippen LogP contribution is 1.69. The summed E-state index contributed by atoms with van der Waals surface area (Å²) in [6.07, 6.45) is 0. The van der Waals surface area contributed by atoms with Gasteiger partial charge in [0.05, 0.1) is 6.61 Å². The SMILES string of the molecule is CCOC(C)=O.CN.Cl. The largest absolute Gasteiger partial charge is 0.466 e. The Bertz CT molecular complexity index is 58.9. The minimum atomic E-state index is -0.211. The number of carbonyl (C=O) groups is 1. The van der Waals surface area contributed by atoms with Gasteiger partial charge in [0.15, 0.2) is 0 Å². The third-order valence-corrected chi connectivity index (χ3v) is 0.348. The van der Waals surface area contributed by atoms with Crippen molar-refractivity contribution in [3.8, 4) is 0 Å². The molecule has 3 nitrogen and oxygen atoms in total. The van der Waals surface area contributed by atoms with Crippen LogP contribution < -0.4 is 5.73 Å². The fourth-order valence-corrected chi connectivity index (χ4v) is 0.203. The first-order chi connectivity index (χ1) is 3.77. The highest BCUT2D eigenvalue weighted by atomic mass is 35.5. The van der Waals surface area contributed by atoms with Crippen LogP contribution in [0.15, 0.2) is 0 Å². The van der Waals surface area contributed by atoms with Crippen molar-refractivity contribution < 1.29 is 9.53 Å². The van der Waals surface area contributed by atoms with Gasteiger partial charge in [-0.3, -0.25) is 4.79 Å². The maximum atomic E-state index is 9.82. The summed E-state index contributed by atoms with van der Waals surface area (Å²) in [5.41, 5.74) is 4.50. The molecule has 58 valence electrons. The lowest BCUT2D eigenvalue weighted by Crippen LogP contribution is -1.95. The van der Waals surface area contributed by atoms with Gasteiger partial charge in [0.2, 0.25) is 0 Å². The van der Waals surface area contributed by atoms with Gasteiger partial charge in [-0.1, -0.05) is 0 Å². The lowest BCUT2D eigenvalue weighted by atomic mass is 10.8. The minimum absolute atomic E-state index is 0. The molecule has 0 radical (unpaired) electrons. The van der Waals surface area contributed by atoms with Crippen molar-refractivity contribution in [3.63, 3.8) is 0 Å². The van der Waals surface area contributed by atoms with Gasteiger partial charge in [-0.05, 0) is 14.0 Å². The lowest BCUT2D eigenvalue weighted by Gasteiger charge is -1.89. The summed E-state index contributed by atoms with van der Waals surface area (Å²) in [6, 6.07) is 0. The summed E-state index contributed by atoms with van der Waals surface area (Å²) in [5, 5.41) is 0. The molecular weight excluding hydrogens is 142 g/mol. The second-order valence-corrected chi connectivity index (χ2v) is 0.925. The third kappa shape index (κ3) is 34.1. The maximum Gasteiger partial charge on any atom is 0.302 e. The zero-order valence-corrected chi connectivity index (χ0v) is 6.83. The van der Waals surface area contributed by atoms with Crippen LogP contribution in [-0.2, 0) is 9.53 Å². The van der Waals surface area contributed by atoms with Crippen LogP contribution in [0.25, 0.3) is 0 Å². The van der Waals surface area contributed by atoms with Crippen LogP contribution in [-0.4, -0.2) is 19.6 Å². The van der Waals surface area contributed by atoms with Crippen molar-refractivity contribution in [3.05, 3.63) is 0 Å². The number of esters is 1.